The maximum Gasteiger partial charge on any atom is 0.340 e. The van der Waals surface area contributed by atoms with Crippen LogP contribution >= 0.6 is 0 Å². The van der Waals surface area contributed by atoms with Gasteiger partial charge >= 0.3 is 5.97 Å². The van der Waals surface area contributed by atoms with Gasteiger partial charge in [0.1, 0.15) is 6.61 Å². The van der Waals surface area contributed by atoms with Gasteiger partial charge in [0, 0.05) is 5.69 Å². The molecule has 0 bridgehead atoms. The minimum absolute atomic E-state index is 0.0429. The number of carbonyl (C=O) groups excluding carboxylic acids is 1. The summed E-state index contributed by atoms with van der Waals surface area (Å²) in [6.45, 7) is 2.43. The third kappa shape index (κ3) is 4.05. The fraction of sp³-hybridized carbons (Fsp3) is 0.417. The monoisotopic (exact) mass is 239 g/mol. The van der Waals surface area contributed by atoms with Crippen LogP contribution in [-0.4, -0.2) is 37.5 Å². The first-order valence-corrected chi connectivity index (χ1v) is 5.37. The van der Waals surface area contributed by atoms with E-state index in [2.05, 4.69) is 0 Å². The third-order valence-corrected chi connectivity index (χ3v) is 2.24. The molecule has 1 rings (SSSR count). The standard InChI is InChI=1S/C12H17NO4/c1-9-3-2-4-10(11(9)13)12(15)17-8-7-16-6-5-14/h2-4,14H,5-8,13H2,1H3. The number of nitrogens with two attached hydrogens (primary N) is 1. The summed E-state index contributed by atoms with van der Waals surface area (Å²) >= 11 is 0. The summed E-state index contributed by atoms with van der Waals surface area (Å²) in [5, 5.41) is 8.47. The van der Waals surface area contributed by atoms with E-state index in [1.807, 2.05) is 13.0 Å². The maximum absolute atomic E-state index is 11.6. The highest BCUT2D eigenvalue weighted by molar-refractivity contribution is 5.95. The molecule has 0 heterocycles. The molecule has 0 aliphatic heterocycles. The average molecular weight is 239 g/mol. The van der Waals surface area contributed by atoms with E-state index >= 15 is 0 Å². The number of aliphatic hydroxyl groups is 1. The van der Waals surface area contributed by atoms with Crippen LogP contribution in [0.3, 0.4) is 0 Å². The second-order valence-electron chi connectivity index (χ2n) is 3.51. The number of nitrogen functional groups attached to an aromatic ring is 1. The zero-order valence-corrected chi connectivity index (χ0v) is 9.81. The van der Waals surface area contributed by atoms with E-state index in [9.17, 15) is 4.79 Å². The van der Waals surface area contributed by atoms with Crippen molar-refractivity contribution in [3.63, 3.8) is 0 Å². The van der Waals surface area contributed by atoms with Gasteiger partial charge in [-0.15, -0.1) is 0 Å². The fourth-order valence-electron chi connectivity index (χ4n) is 1.30. The zero-order chi connectivity index (χ0) is 12.7. The van der Waals surface area contributed by atoms with Crippen LogP contribution in [0.5, 0.6) is 0 Å². The van der Waals surface area contributed by atoms with Crippen molar-refractivity contribution in [1.29, 1.82) is 0 Å². The lowest BCUT2D eigenvalue weighted by atomic mass is 10.1. The van der Waals surface area contributed by atoms with Crippen molar-refractivity contribution in [2.24, 2.45) is 0 Å². The van der Waals surface area contributed by atoms with Crippen molar-refractivity contribution >= 4 is 11.7 Å². The number of benzene rings is 1. The summed E-state index contributed by atoms with van der Waals surface area (Å²) < 4.78 is 9.95. The lowest BCUT2D eigenvalue weighted by Crippen LogP contribution is -2.13. The highest BCUT2D eigenvalue weighted by Crippen LogP contribution is 2.17. The van der Waals surface area contributed by atoms with Crippen LogP contribution in [0.15, 0.2) is 18.2 Å². The van der Waals surface area contributed by atoms with Crippen LogP contribution in [-0.2, 0) is 9.47 Å². The van der Waals surface area contributed by atoms with E-state index in [1.165, 1.54) is 0 Å². The number of anilines is 1. The zero-order valence-electron chi connectivity index (χ0n) is 9.81. The molecular formula is C12H17NO4. The summed E-state index contributed by atoms with van der Waals surface area (Å²) in [6, 6.07) is 5.21. The molecule has 0 unspecified atom stereocenters. The molecule has 0 saturated heterocycles. The number of aryl methyl sites for hydroxylation is 1. The second-order valence-corrected chi connectivity index (χ2v) is 3.51. The Balaban J connectivity index is 2.44. The SMILES string of the molecule is Cc1cccc(C(=O)OCCOCCO)c1N. The average Bonchev–Trinajstić information content (AvgIpc) is 2.32. The molecule has 0 aliphatic carbocycles. The normalized spacial score (nSPS) is 10.2. The predicted molar refractivity (Wildman–Crippen MR) is 63.8 cm³/mol. The number of hydrogen-bond acceptors (Lipinski definition) is 5. The van der Waals surface area contributed by atoms with E-state index in [4.69, 9.17) is 20.3 Å². The van der Waals surface area contributed by atoms with Crippen LogP contribution in [0.4, 0.5) is 5.69 Å². The van der Waals surface area contributed by atoms with E-state index in [0.717, 1.165) is 5.56 Å². The van der Waals surface area contributed by atoms with E-state index in [1.54, 1.807) is 12.1 Å². The summed E-state index contributed by atoms with van der Waals surface area (Å²) in [5.41, 5.74) is 7.42. The molecule has 0 atom stereocenters. The number of hydrogen-bond donors (Lipinski definition) is 2. The first kappa shape index (κ1) is 13.5. The quantitative estimate of drug-likeness (QED) is 0.435. The van der Waals surface area contributed by atoms with Gasteiger partial charge < -0.3 is 20.3 Å². The van der Waals surface area contributed by atoms with Crippen molar-refractivity contribution in [1.82, 2.24) is 0 Å². The van der Waals surface area contributed by atoms with Gasteiger partial charge in [-0.1, -0.05) is 12.1 Å². The molecule has 0 aliphatic rings. The molecular weight excluding hydrogens is 222 g/mol. The summed E-state index contributed by atoms with van der Waals surface area (Å²) in [4.78, 5) is 11.6. The first-order chi connectivity index (χ1) is 8.16. The van der Waals surface area contributed by atoms with Gasteiger partial charge in [0.05, 0.1) is 25.4 Å². The van der Waals surface area contributed by atoms with E-state index in [-0.39, 0.29) is 26.4 Å². The van der Waals surface area contributed by atoms with Crippen molar-refractivity contribution < 1.29 is 19.4 Å². The number of ether oxygens (including phenoxy) is 2. The van der Waals surface area contributed by atoms with Crippen LogP contribution < -0.4 is 5.73 Å². The van der Waals surface area contributed by atoms with Crippen LogP contribution in [0.2, 0.25) is 0 Å². The van der Waals surface area contributed by atoms with Crippen LogP contribution in [0.25, 0.3) is 0 Å². The van der Waals surface area contributed by atoms with Crippen LogP contribution in [0, 0.1) is 6.92 Å². The molecule has 94 valence electrons. The topological polar surface area (TPSA) is 81.8 Å². The Bertz CT molecular complexity index is 379. The van der Waals surface area contributed by atoms with E-state index < -0.39 is 5.97 Å². The molecule has 0 fully saturated rings. The molecule has 1 aromatic carbocycles. The van der Waals surface area contributed by atoms with Crippen molar-refractivity contribution in [2.75, 3.05) is 32.2 Å². The minimum atomic E-state index is -0.459. The molecule has 3 N–H and O–H groups in total. The second kappa shape index (κ2) is 6.88. The Morgan fingerprint density at radius 1 is 1.35 bits per heavy atom. The highest BCUT2D eigenvalue weighted by atomic mass is 16.6. The molecule has 5 heteroatoms. The minimum Gasteiger partial charge on any atom is -0.460 e. The molecule has 5 nitrogen and oxygen atoms in total. The Morgan fingerprint density at radius 3 is 2.82 bits per heavy atom. The fourth-order valence-corrected chi connectivity index (χ4v) is 1.30. The Labute approximate surface area is 100 Å². The summed E-state index contributed by atoms with van der Waals surface area (Å²) in [7, 11) is 0. The summed E-state index contributed by atoms with van der Waals surface area (Å²) in [6.07, 6.45) is 0. The van der Waals surface area contributed by atoms with Gasteiger partial charge in [-0.25, -0.2) is 4.79 Å². The molecule has 0 saturated carbocycles. The Hall–Kier alpha value is -1.59. The number of aliphatic hydroxyl groups excluding tert-OH is 1. The maximum atomic E-state index is 11.6. The molecule has 17 heavy (non-hydrogen) atoms. The van der Waals surface area contributed by atoms with Gasteiger partial charge in [0.2, 0.25) is 0 Å². The van der Waals surface area contributed by atoms with Gasteiger partial charge in [-0.2, -0.15) is 0 Å². The number of rotatable bonds is 6. The van der Waals surface area contributed by atoms with Crippen molar-refractivity contribution in [3.05, 3.63) is 29.3 Å². The first-order valence-electron chi connectivity index (χ1n) is 5.37. The molecule has 0 amide bonds. The Kier molecular flexibility index (Phi) is 5.45. The molecule has 0 spiro atoms. The van der Waals surface area contributed by atoms with Gasteiger partial charge in [0.15, 0.2) is 0 Å². The lowest BCUT2D eigenvalue weighted by Gasteiger charge is -2.08. The van der Waals surface area contributed by atoms with Gasteiger partial charge in [-0.3, -0.25) is 0 Å². The largest absolute Gasteiger partial charge is 0.460 e. The molecule has 0 aromatic heterocycles. The number of carbonyl (C=O) groups is 1. The Morgan fingerprint density at radius 2 is 2.12 bits per heavy atom. The number of para-hydroxylation sites is 1. The lowest BCUT2D eigenvalue weighted by molar-refractivity contribution is 0.0259. The summed E-state index contributed by atoms with van der Waals surface area (Å²) in [5.74, 6) is -0.459. The van der Waals surface area contributed by atoms with Gasteiger partial charge in [0.25, 0.3) is 0 Å². The van der Waals surface area contributed by atoms with Crippen molar-refractivity contribution in [2.45, 2.75) is 6.92 Å². The van der Waals surface area contributed by atoms with Crippen LogP contribution in [0.1, 0.15) is 15.9 Å². The number of esters is 1. The third-order valence-electron chi connectivity index (χ3n) is 2.24. The molecule has 1 aromatic rings. The van der Waals surface area contributed by atoms with E-state index in [0.29, 0.717) is 11.3 Å². The smallest absolute Gasteiger partial charge is 0.340 e. The molecule has 0 radical (unpaired) electrons. The predicted octanol–water partition coefficient (Wildman–Crippen LogP) is 0.743. The van der Waals surface area contributed by atoms with Gasteiger partial charge in [-0.05, 0) is 18.6 Å². The van der Waals surface area contributed by atoms with Crippen molar-refractivity contribution in [3.8, 4) is 0 Å². The highest BCUT2D eigenvalue weighted by Gasteiger charge is 2.11.